The van der Waals surface area contributed by atoms with Gasteiger partial charge in [0.05, 0.1) is 13.0 Å². The number of esters is 1. The van der Waals surface area contributed by atoms with Crippen molar-refractivity contribution in [2.45, 2.75) is 32.1 Å². The van der Waals surface area contributed by atoms with Gasteiger partial charge in [-0.25, -0.2) is 0 Å². The molecule has 104 valence electrons. The van der Waals surface area contributed by atoms with Crippen LogP contribution in [0.1, 0.15) is 37.8 Å². The molecule has 0 unspecified atom stereocenters. The number of benzene rings is 1. The Balaban J connectivity index is 2.20. The van der Waals surface area contributed by atoms with Gasteiger partial charge in [-0.15, -0.1) is 0 Å². The van der Waals surface area contributed by atoms with Crippen molar-refractivity contribution >= 4 is 5.97 Å². The van der Waals surface area contributed by atoms with Crippen LogP contribution in [0.2, 0.25) is 0 Å². The Labute approximate surface area is 115 Å². The van der Waals surface area contributed by atoms with Gasteiger partial charge in [-0.3, -0.25) is 4.79 Å². The van der Waals surface area contributed by atoms with Crippen LogP contribution in [0.4, 0.5) is 0 Å². The number of hydrogen-bond donors (Lipinski definition) is 1. The fourth-order valence-electron chi connectivity index (χ4n) is 2.66. The first-order valence-corrected chi connectivity index (χ1v) is 6.82. The summed E-state index contributed by atoms with van der Waals surface area (Å²) in [6.45, 7) is 8.16. The zero-order valence-corrected chi connectivity index (χ0v) is 12.2. The zero-order chi connectivity index (χ0) is 14.0. The van der Waals surface area contributed by atoms with E-state index < -0.39 is 0 Å². The lowest BCUT2D eigenvalue weighted by Crippen LogP contribution is -2.23. The molecule has 1 aromatic rings. The third-order valence-electron chi connectivity index (χ3n) is 3.92. The predicted molar refractivity (Wildman–Crippen MR) is 76.3 cm³/mol. The van der Waals surface area contributed by atoms with E-state index in [2.05, 4.69) is 50.4 Å². The summed E-state index contributed by atoms with van der Waals surface area (Å²) in [4.78, 5) is 11.8. The third kappa shape index (κ3) is 2.98. The van der Waals surface area contributed by atoms with E-state index in [0.717, 1.165) is 6.54 Å². The molecule has 1 aromatic carbocycles. The molecule has 0 radical (unpaired) electrons. The maximum Gasteiger partial charge on any atom is 0.310 e. The van der Waals surface area contributed by atoms with E-state index in [1.54, 1.807) is 0 Å². The molecule has 1 saturated heterocycles. The third-order valence-corrected chi connectivity index (χ3v) is 3.92. The summed E-state index contributed by atoms with van der Waals surface area (Å²) < 4.78 is 4.88. The molecule has 0 amide bonds. The van der Waals surface area contributed by atoms with Crippen LogP contribution in [0.5, 0.6) is 0 Å². The molecule has 0 spiro atoms. The molecule has 0 aliphatic carbocycles. The summed E-state index contributed by atoms with van der Waals surface area (Å²) in [7, 11) is 1.46. The van der Waals surface area contributed by atoms with E-state index in [1.165, 1.54) is 18.2 Å². The summed E-state index contributed by atoms with van der Waals surface area (Å²) in [6, 6.07) is 8.63. The summed E-state index contributed by atoms with van der Waals surface area (Å²) >= 11 is 0. The largest absolute Gasteiger partial charge is 0.469 e. The molecule has 19 heavy (non-hydrogen) atoms. The highest BCUT2D eigenvalue weighted by Crippen LogP contribution is 2.31. The van der Waals surface area contributed by atoms with Gasteiger partial charge < -0.3 is 10.1 Å². The number of methoxy groups -OCH3 is 1. The van der Waals surface area contributed by atoms with Crippen molar-refractivity contribution in [2.24, 2.45) is 5.92 Å². The minimum atomic E-state index is -0.116. The molecule has 0 aromatic heterocycles. The van der Waals surface area contributed by atoms with Crippen LogP contribution < -0.4 is 5.32 Å². The fourth-order valence-corrected chi connectivity index (χ4v) is 2.66. The van der Waals surface area contributed by atoms with E-state index in [4.69, 9.17) is 4.74 Å². The van der Waals surface area contributed by atoms with Gasteiger partial charge in [-0.1, -0.05) is 45.0 Å². The van der Waals surface area contributed by atoms with Crippen molar-refractivity contribution in [3.05, 3.63) is 35.4 Å². The smallest absolute Gasteiger partial charge is 0.310 e. The van der Waals surface area contributed by atoms with E-state index in [9.17, 15) is 4.79 Å². The number of rotatable bonds is 2. The monoisotopic (exact) mass is 261 g/mol. The molecule has 0 saturated carbocycles. The Morgan fingerprint density at radius 1 is 1.21 bits per heavy atom. The van der Waals surface area contributed by atoms with Crippen LogP contribution in [0, 0.1) is 5.92 Å². The van der Waals surface area contributed by atoms with Crippen molar-refractivity contribution in [1.82, 2.24) is 5.32 Å². The van der Waals surface area contributed by atoms with Gasteiger partial charge in [0.2, 0.25) is 0 Å². The van der Waals surface area contributed by atoms with Gasteiger partial charge in [0.1, 0.15) is 0 Å². The van der Waals surface area contributed by atoms with Crippen LogP contribution in [0.25, 0.3) is 0 Å². The molecular weight excluding hydrogens is 238 g/mol. The van der Waals surface area contributed by atoms with Crippen LogP contribution in [-0.2, 0) is 14.9 Å². The number of carbonyl (C=O) groups excluding carboxylic acids is 1. The van der Waals surface area contributed by atoms with Crippen LogP contribution in [0.3, 0.4) is 0 Å². The average Bonchev–Trinajstić information content (AvgIpc) is 2.86. The van der Waals surface area contributed by atoms with Crippen molar-refractivity contribution in [2.75, 3.05) is 20.2 Å². The van der Waals surface area contributed by atoms with Gasteiger partial charge in [0.15, 0.2) is 0 Å². The summed E-state index contributed by atoms with van der Waals surface area (Å²) in [5.41, 5.74) is 2.69. The molecule has 2 atom stereocenters. The van der Waals surface area contributed by atoms with E-state index in [-0.39, 0.29) is 23.2 Å². The molecule has 1 fully saturated rings. The summed E-state index contributed by atoms with van der Waals surface area (Å²) in [6.07, 6.45) is 0. The summed E-state index contributed by atoms with van der Waals surface area (Å²) in [5.74, 6) is 0.0434. The standard InChI is InChI=1S/C16H23NO2/c1-16(2,3)12-7-5-11(6-8-12)13-9-17-10-14(13)15(18)19-4/h5-8,13-14,17H,9-10H2,1-4H3/t13-,14+/m0/s1. The van der Waals surface area contributed by atoms with E-state index >= 15 is 0 Å². The highest BCUT2D eigenvalue weighted by molar-refractivity contribution is 5.74. The molecule has 1 N–H and O–H groups in total. The quantitative estimate of drug-likeness (QED) is 0.831. The van der Waals surface area contributed by atoms with Crippen LogP contribution >= 0.6 is 0 Å². The first-order valence-electron chi connectivity index (χ1n) is 6.82. The van der Waals surface area contributed by atoms with Gasteiger partial charge in [-0.2, -0.15) is 0 Å². The second kappa shape index (κ2) is 5.33. The maximum atomic E-state index is 11.8. The highest BCUT2D eigenvalue weighted by atomic mass is 16.5. The molecular formula is C16H23NO2. The van der Waals surface area contributed by atoms with Crippen LogP contribution in [0.15, 0.2) is 24.3 Å². The maximum absolute atomic E-state index is 11.8. The number of carbonyl (C=O) groups is 1. The van der Waals surface area contributed by atoms with Crippen LogP contribution in [-0.4, -0.2) is 26.2 Å². The zero-order valence-electron chi connectivity index (χ0n) is 12.2. The second-order valence-corrected chi connectivity index (χ2v) is 6.27. The van der Waals surface area contributed by atoms with Gasteiger partial charge in [-0.05, 0) is 16.5 Å². The lowest BCUT2D eigenvalue weighted by molar-refractivity contribution is -0.145. The number of hydrogen-bond acceptors (Lipinski definition) is 3. The Morgan fingerprint density at radius 2 is 1.84 bits per heavy atom. The number of ether oxygens (including phenoxy) is 1. The van der Waals surface area contributed by atoms with E-state index in [0.29, 0.717) is 6.54 Å². The molecule has 3 heteroatoms. The van der Waals surface area contributed by atoms with Crippen molar-refractivity contribution in [3.8, 4) is 0 Å². The minimum Gasteiger partial charge on any atom is -0.469 e. The lowest BCUT2D eigenvalue weighted by atomic mass is 9.83. The first kappa shape index (κ1) is 14.1. The molecule has 1 heterocycles. The molecule has 2 rings (SSSR count). The Kier molecular flexibility index (Phi) is 3.95. The van der Waals surface area contributed by atoms with Gasteiger partial charge in [0.25, 0.3) is 0 Å². The number of nitrogens with one attached hydrogen (secondary N) is 1. The van der Waals surface area contributed by atoms with Gasteiger partial charge >= 0.3 is 5.97 Å². The second-order valence-electron chi connectivity index (χ2n) is 6.27. The molecule has 3 nitrogen and oxygen atoms in total. The highest BCUT2D eigenvalue weighted by Gasteiger charge is 2.34. The summed E-state index contributed by atoms with van der Waals surface area (Å²) in [5, 5.41) is 3.28. The first-order chi connectivity index (χ1) is 8.93. The van der Waals surface area contributed by atoms with Crippen molar-refractivity contribution in [3.63, 3.8) is 0 Å². The topological polar surface area (TPSA) is 38.3 Å². The molecule has 1 aliphatic heterocycles. The van der Waals surface area contributed by atoms with E-state index in [1.807, 2.05) is 0 Å². The fraction of sp³-hybridized carbons (Fsp3) is 0.562. The van der Waals surface area contributed by atoms with Crippen molar-refractivity contribution < 1.29 is 9.53 Å². The average molecular weight is 261 g/mol. The Morgan fingerprint density at radius 3 is 2.37 bits per heavy atom. The normalized spacial score (nSPS) is 23.4. The Bertz CT molecular complexity index is 445. The predicted octanol–water partition coefficient (Wildman–Crippen LogP) is 2.46. The minimum absolute atomic E-state index is 0.0644. The Hall–Kier alpha value is -1.35. The van der Waals surface area contributed by atoms with Crippen molar-refractivity contribution in [1.29, 1.82) is 0 Å². The lowest BCUT2D eigenvalue weighted by Gasteiger charge is -2.21. The molecule has 1 aliphatic rings. The van der Waals surface area contributed by atoms with Gasteiger partial charge in [0, 0.05) is 19.0 Å². The molecule has 0 bridgehead atoms. The SMILES string of the molecule is COC(=O)[C@@H]1CNC[C@H]1c1ccc(C(C)(C)C)cc1.